The number of carbonyl (C=O) groups excluding carboxylic acids is 1. The van der Waals surface area contributed by atoms with Gasteiger partial charge in [-0.2, -0.15) is 0 Å². The third kappa shape index (κ3) is 4.87. The first-order chi connectivity index (χ1) is 15.2. The summed E-state index contributed by atoms with van der Waals surface area (Å²) in [6, 6.07) is 20.2. The van der Waals surface area contributed by atoms with Gasteiger partial charge in [0.15, 0.2) is 11.0 Å². The minimum Gasteiger partial charge on any atom is -0.495 e. The number of amides is 1. The van der Waals surface area contributed by atoms with Crippen LogP contribution in [0, 0.1) is 0 Å². The fourth-order valence-electron chi connectivity index (χ4n) is 2.91. The molecule has 2 aromatic heterocycles. The average molecular weight is 452 g/mol. The van der Waals surface area contributed by atoms with Gasteiger partial charge >= 0.3 is 0 Å². The van der Waals surface area contributed by atoms with Gasteiger partial charge in [0.05, 0.1) is 18.6 Å². The predicted molar refractivity (Wildman–Crippen MR) is 122 cm³/mol. The Morgan fingerprint density at radius 3 is 2.58 bits per heavy atom. The summed E-state index contributed by atoms with van der Waals surface area (Å²) in [7, 11) is 1.56. The fourth-order valence-corrected chi connectivity index (χ4v) is 3.79. The molecule has 0 spiro atoms. The zero-order chi connectivity index (χ0) is 21.6. The molecular weight excluding hydrogens is 434 g/mol. The number of ether oxygens (including phenoxy) is 1. The summed E-state index contributed by atoms with van der Waals surface area (Å²) in [6.45, 7) is 0. The summed E-state index contributed by atoms with van der Waals surface area (Å²) in [6.07, 6.45) is 1.70. The number of thioether (sulfide) groups is 1. The molecule has 0 saturated heterocycles. The molecule has 0 radical (unpaired) electrons. The Morgan fingerprint density at radius 2 is 1.84 bits per heavy atom. The number of rotatable bonds is 7. The number of halogens is 1. The minimum absolute atomic E-state index is 0.145. The number of carbonyl (C=O) groups is 1. The highest BCUT2D eigenvalue weighted by molar-refractivity contribution is 7.99. The van der Waals surface area contributed by atoms with Crippen molar-refractivity contribution in [1.82, 2.24) is 19.7 Å². The van der Waals surface area contributed by atoms with Gasteiger partial charge in [-0.25, -0.2) is 0 Å². The van der Waals surface area contributed by atoms with Crippen LogP contribution in [-0.2, 0) is 4.79 Å². The molecular formula is C22H18ClN5O2S. The second-order valence-corrected chi connectivity index (χ2v) is 7.75. The largest absolute Gasteiger partial charge is 0.495 e. The Hall–Kier alpha value is -3.36. The van der Waals surface area contributed by atoms with Crippen LogP contribution in [0.2, 0.25) is 5.02 Å². The first-order valence-corrected chi connectivity index (χ1v) is 10.7. The molecule has 31 heavy (non-hydrogen) atoms. The van der Waals surface area contributed by atoms with E-state index in [9.17, 15) is 4.79 Å². The lowest BCUT2D eigenvalue weighted by Gasteiger charge is -2.11. The topological polar surface area (TPSA) is 81.9 Å². The standard InChI is InChI=1S/C22H18ClN5O2S/c1-30-19-8-3-2-6-17(19)25-20(29)14-31-22-27-26-21(18-7-4-5-13-24-18)28(22)16-11-9-15(23)10-12-16/h2-13H,14H2,1H3,(H,25,29). The van der Waals surface area contributed by atoms with E-state index in [1.165, 1.54) is 11.8 Å². The molecule has 0 saturated carbocycles. The van der Waals surface area contributed by atoms with Gasteiger partial charge in [-0.15, -0.1) is 10.2 Å². The Morgan fingerprint density at radius 1 is 1.06 bits per heavy atom. The lowest BCUT2D eigenvalue weighted by molar-refractivity contribution is -0.113. The Bertz CT molecular complexity index is 1180. The summed E-state index contributed by atoms with van der Waals surface area (Å²) in [4.78, 5) is 16.9. The molecule has 0 aliphatic heterocycles. The first kappa shape index (κ1) is 20.9. The molecule has 2 heterocycles. The number of pyridine rings is 1. The number of hydrogen-bond donors (Lipinski definition) is 1. The van der Waals surface area contributed by atoms with E-state index in [4.69, 9.17) is 16.3 Å². The molecule has 156 valence electrons. The molecule has 1 amide bonds. The van der Waals surface area contributed by atoms with Gasteiger partial charge in [0, 0.05) is 16.9 Å². The monoisotopic (exact) mass is 451 g/mol. The van der Waals surface area contributed by atoms with E-state index in [0.717, 1.165) is 5.69 Å². The lowest BCUT2D eigenvalue weighted by Crippen LogP contribution is -2.15. The highest BCUT2D eigenvalue weighted by Gasteiger charge is 2.18. The quantitative estimate of drug-likeness (QED) is 0.409. The third-order valence-corrected chi connectivity index (χ3v) is 5.51. The Kier molecular flexibility index (Phi) is 6.49. The second kappa shape index (κ2) is 9.63. The summed E-state index contributed by atoms with van der Waals surface area (Å²) in [5, 5.41) is 12.7. The molecule has 1 N–H and O–H groups in total. The Labute approximate surface area is 188 Å². The maximum absolute atomic E-state index is 12.5. The SMILES string of the molecule is COc1ccccc1NC(=O)CSc1nnc(-c2ccccn2)n1-c1ccc(Cl)cc1. The smallest absolute Gasteiger partial charge is 0.234 e. The number of nitrogens with one attached hydrogen (secondary N) is 1. The summed E-state index contributed by atoms with van der Waals surface area (Å²) < 4.78 is 7.14. The van der Waals surface area contributed by atoms with E-state index in [1.807, 2.05) is 47.0 Å². The fraction of sp³-hybridized carbons (Fsp3) is 0.0909. The van der Waals surface area contributed by atoms with E-state index < -0.39 is 0 Å². The molecule has 0 aliphatic carbocycles. The molecule has 9 heteroatoms. The summed E-state index contributed by atoms with van der Waals surface area (Å²) >= 11 is 7.33. The highest BCUT2D eigenvalue weighted by Crippen LogP contribution is 2.28. The number of para-hydroxylation sites is 2. The minimum atomic E-state index is -0.181. The van der Waals surface area contributed by atoms with Crippen LogP contribution in [0.3, 0.4) is 0 Å². The van der Waals surface area contributed by atoms with Crippen LogP contribution in [-0.4, -0.2) is 38.5 Å². The van der Waals surface area contributed by atoms with Crippen LogP contribution in [0.5, 0.6) is 5.75 Å². The molecule has 7 nitrogen and oxygen atoms in total. The average Bonchev–Trinajstić information content (AvgIpc) is 3.23. The summed E-state index contributed by atoms with van der Waals surface area (Å²) in [5.41, 5.74) is 2.11. The predicted octanol–water partition coefficient (Wildman–Crippen LogP) is 4.72. The van der Waals surface area contributed by atoms with E-state index in [-0.39, 0.29) is 11.7 Å². The molecule has 4 rings (SSSR count). The van der Waals surface area contributed by atoms with Crippen LogP contribution in [0.1, 0.15) is 0 Å². The van der Waals surface area contributed by atoms with Gasteiger partial charge in [0.1, 0.15) is 11.4 Å². The molecule has 0 fully saturated rings. The van der Waals surface area contributed by atoms with Crippen LogP contribution >= 0.6 is 23.4 Å². The number of methoxy groups -OCH3 is 1. The first-order valence-electron chi connectivity index (χ1n) is 9.34. The van der Waals surface area contributed by atoms with Crippen molar-refractivity contribution in [2.24, 2.45) is 0 Å². The zero-order valence-electron chi connectivity index (χ0n) is 16.5. The normalized spacial score (nSPS) is 10.6. The zero-order valence-corrected chi connectivity index (χ0v) is 18.1. The van der Waals surface area contributed by atoms with Gasteiger partial charge in [0.25, 0.3) is 0 Å². The van der Waals surface area contributed by atoms with Crippen molar-refractivity contribution < 1.29 is 9.53 Å². The van der Waals surface area contributed by atoms with Crippen molar-refractivity contribution in [1.29, 1.82) is 0 Å². The van der Waals surface area contributed by atoms with E-state index in [1.54, 1.807) is 37.6 Å². The van der Waals surface area contributed by atoms with Gasteiger partial charge in [-0.1, -0.05) is 41.6 Å². The van der Waals surface area contributed by atoms with Crippen molar-refractivity contribution in [2.75, 3.05) is 18.2 Å². The van der Waals surface area contributed by atoms with E-state index >= 15 is 0 Å². The van der Waals surface area contributed by atoms with Crippen molar-refractivity contribution in [3.05, 3.63) is 77.9 Å². The molecule has 0 atom stereocenters. The number of anilines is 1. The molecule has 0 aliphatic rings. The van der Waals surface area contributed by atoms with E-state index in [0.29, 0.717) is 33.1 Å². The molecule has 2 aromatic carbocycles. The van der Waals surface area contributed by atoms with Crippen LogP contribution in [0.25, 0.3) is 17.2 Å². The Balaban J connectivity index is 1.59. The molecule has 0 bridgehead atoms. The number of benzene rings is 2. The number of hydrogen-bond acceptors (Lipinski definition) is 6. The van der Waals surface area contributed by atoms with Crippen molar-refractivity contribution in [2.45, 2.75) is 5.16 Å². The molecule has 4 aromatic rings. The van der Waals surface area contributed by atoms with Crippen molar-refractivity contribution >= 4 is 35.0 Å². The third-order valence-electron chi connectivity index (χ3n) is 4.33. The van der Waals surface area contributed by atoms with Crippen molar-refractivity contribution in [3.63, 3.8) is 0 Å². The molecule has 0 unspecified atom stereocenters. The van der Waals surface area contributed by atoms with Gasteiger partial charge < -0.3 is 10.1 Å². The van der Waals surface area contributed by atoms with Crippen molar-refractivity contribution in [3.8, 4) is 23.0 Å². The maximum Gasteiger partial charge on any atom is 0.234 e. The van der Waals surface area contributed by atoms with Crippen LogP contribution in [0.4, 0.5) is 5.69 Å². The highest BCUT2D eigenvalue weighted by atomic mass is 35.5. The van der Waals surface area contributed by atoms with Crippen LogP contribution in [0.15, 0.2) is 78.1 Å². The maximum atomic E-state index is 12.5. The van der Waals surface area contributed by atoms with Crippen LogP contribution < -0.4 is 10.1 Å². The van der Waals surface area contributed by atoms with E-state index in [2.05, 4.69) is 20.5 Å². The van der Waals surface area contributed by atoms with Gasteiger partial charge in [0.2, 0.25) is 5.91 Å². The lowest BCUT2D eigenvalue weighted by atomic mass is 10.3. The second-order valence-electron chi connectivity index (χ2n) is 6.37. The summed E-state index contributed by atoms with van der Waals surface area (Å²) in [5.74, 6) is 1.14. The van der Waals surface area contributed by atoms with Gasteiger partial charge in [-0.05, 0) is 48.5 Å². The number of aromatic nitrogens is 4. The number of nitrogens with zero attached hydrogens (tertiary/aromatic N) is 4. The van der Waals surface area contributed by atoms with Gasteiger partial charge in [-0.3, -0.25) is 14.3 Å².